The average molecular weight is 374 g/mol. The summed E-state index contributed by atoms with van der Waals surface area (Å²) >= 11 is 0. The van der Waals surface area contributed by atoms with E-state index in [0.29, 0.717) is 11.4 Å². The number of carbonyl (C=O) groups is 1. The van der Waals surface area contributed by atoms with Gasteiger partial charge in [-0.05, 0) is 25.0 Å². The third kappa shape index (κ3) is 3.33. The highest BCUT2D eigenvalue weighted by Gasteiger charge is 2.41. The van der Waals surface area contributed by atoms with E-state index in [1.807, 2.05) is 48.5 Å². The minimum Gasteiger partial charge on any atom is -0.398 e. The van der Waals surface area contributed by atoms with Crippen LogP contribution in [0.15, 0.2) is 58.7 Å². The van der Waals surface area contributed by atoms with Gasteiger partial charge in [0.2, 0.25) is 0 Å². The number of nitrogens with zero attached hydrogens (tertiary/aromatic N) is 2. The van der Waals surface area contributed by atoms with Gasteiger partial charge in [-0.15, -0.1) is 0 Å². The number of hydrogen-bond donors (Lipinski definition) is 2. The summed E-state index contributed by atoms with van der Waals surface area (Å²) < 4.78 is 0. The molecule has 5 heteroatoms. The van der Waals surface area contributed by atoms with E-state index in [2.05, 4.69) is 10.2 Å². The van der Waals surface area contributed by atoms with Crippen LogP contribution >= 0.6 is 0 Å². The number of aldehydes is 1. The van der Waals surface area contributed by atoms with Crippen LogP contribution in [0.1, 0.15) is 43.2 Å². The molecule has 2 aromatic rings. The topological polar surface area (TPSA) is 93.8 Å². The predicted octanol–water partition coefficient (Wildman–Crippen LogP) is 4.07. The summed E-state index contributed by atoms with van der Waals surface area (Å²) in [5, 5.41) is 9.26. The lowest BCUT2D eigenvalue weighted by Crippen LogP contribution is -2.40. The van der Waals surface area contributed by atoms with Gasteiger partial charge in [0.1, 0.15) is 6.29 Å². The second kappa shape index (κ2) is 7.97. The van der Waals surface area contributed by atoms with Gasteiger partial charge in [-0.25, -0.2) is 0 Å². The molecule has 1 aliphatic carbocycles. The van der Waals surface area contributed by atoms with Gasteiger partial charge in [0.05, 0.1) is 11.4 Å². The van der Waals surface area contributed by atoms with Gasteiger partial charge in [0.25, 0.3) is 0 Å². The van der Waals surface area contributed by atoms with Crippen LogP contribution in [0.5, 0.6) is 0 Å². The van der Waals surface area contributed by atoms with E-state index < -0.39 is 0 Å². The number of carbonyl (C=O) groups excluding carboxylic acids is 1. The molecule has 0 amide bonds. The summed E-state index contributed by atoms with van der Waals surface area (Å²) in [6.45, 7) is 0. The van der Waals surface area contributed by atoms with E-state index in [1.165, 1.54) is 0 Å². The number of benzene rings is 2. The maximum atomic E-state index is 12.1. The number of fused-ring (bicyclic) bond motifs is 1. The van der Waals surface area contributed by atoms with Gasteiger partial charge in [0, 0.05) is 40.3 Å². The fraction of sp³-hybridized carbons (Fsp3) is 0.348. The normalized spacial score (nSPS) is 24.9. The number of rotatable bonds is 3. The Balaban J connectivity index is 1.89. The summed E-state index contributed by atoms with van der Waals surface area (Å²) in [6, 6.07) is 15.5. The summed E-state index contributed by atoms with van der Waals surface area (Å²) in [7, 11) is 0. The monoisotopic (exact) mass is 374 g/mol. The molecule has 1 saturated carbocycles. The van der Waals surface area contributed by atoms with Crippen LogP contribution in [-0.2, 0) is 4.79 Å². The van der Waals surface area contributed by atoms with Crippen LogP contribution in [0.25, 0.3) is 0 Å². The van der Waals surface area contributed by atoms with Crippen molar-refractivity contribution < 1.29 is 4.79 Å². The zero-order valence-corrected chi connectivity index (χ0v) is 15.9. The van der Waals surface area contributed by atoms with E-state index in [1.54, 1.807) is 0 Å². The molecule has 4 N–H and O–H groups in total. The molecule has 2 aliphatic rings. The number of hydrogen-bond acceptors (Lipinski definition) is 5. The SMILES string of the molecule is Nc1ccccc1C1=NN=C(c2ccccc2N)C2C(C=O)CCCCCC12. The first-order chi connectivity index (χ1) is 13.7. The largest absolute Gasteiger partial charge is 0.398 e. The van der Waals surface area contributed by atoms with E-state index in [4.69, 9.17) is 11.5 Å². The molecular weight excluding hydrogens is 348 g/mol. The first-order valence-electron chi connectivity index (χ1n) is 10.0. The van der Waals surface area contributed by atoms with Gasteiger partial charge < -0.3 is 16.3 Å². The van der Waals surface area contributed by atoms with Crippen molar-refractivity contribution in [3.05, 3.63) is 59.7 Å². The molecule has 0 saturated heterocycles. The molecule has 28 heavy (non-hydrogen) atoms. The van der Waals surface area contributed by atoms with Crippen molar-refractivity contribution in [2.45, 2.75) is 32.1 Å². The highest BCUT2D eigenvalue weighted by atomic mass is 16.1. The molecule has 4 rings (SSSR count). The molecule has 1 aliphatic heterocycles. The van der Waals surface area contributed by atoms with Gasteiger partial charge in [-0.2, -0.15) is 10.2 Å². The van der Waals surface area contributed by atoms with Gasteiger partial charge in [-0.3, -0.25) is 0 Å². The highest BCUT2D eigenvalue weighted by Crippen LogP contribution is 2.40. The quantitative estimate of drug-likeness (QED) is 0.626. The van der Waals surface area contributed by atoms with Crippen molar-refractivity contribution in [2.24, 2.45) is 28.0 Å². The highest BCUT2D eigenvalue weighted by molar-refractivity contribution is 6.15. The summed E-state index contributed by atoms with van der Waals surface area (Å²) in [6.07, 6.45) is 6.24. The van der Waals surface area contributed by atoms with Crippen molar-refractivity contribution in [1.82, 2.24) is 0 Å². The third-order valence-electron chi connectivity index (χ3n) is 6.03. The first-order valence-corrected chi connectivity index (χ1v) is 10.0. The molecule has 3 atom stereocenters. The molecule has 0 spiro atoms. The smallest absolute Gasteiger partial charge is 0.123 e. The summed E-state index contributed by atoms with van der Waals surface area (Å²) in [4.78, 5) is 12.1. The number of nitrogens with two attached hydrogens (primary N) is 2. The summed E-state index contributed by atoms with van der Waals surface area (Å²) in [5.74, 6) is -0.0268. The molecular formula is C23H26N4O. The molecule has 5 nitrogen and oxygen atoms in total. The van der Waals surface area contributed by atoms with Crippen LogP contribution in [0, 0.1) is 17.8 Å². The zero-order chi connectivity index (χ0) is 19.5. The number of para-hydroxylation sites is 2. The second-order valence-corrected chi connectivity index (χ2v) is 7.72. The van der Waals surface area contributed by atoms with Crippen molar-refractivity contribution in [3.8, 4) is 0 Å². The van der Waals surface area contributed by atoms with Gasteiger partial charge in [-0.1, -0.05) is 55.7 Å². The lowest BCUT2D eigenvalue weighted by Gasteiger charge is -2.37. The molecule has 144 valence electrons. The zero-order valence-electron chi connectivity index (χ0n) is 15.9. The van der Waals surface area contributed by atoms with Crippen LogP contribution in [0.2, 0.25) is 0 Å². The Morgan fingerprint density at radius 1 is 0.786 bits per heavy atom. The molecule has 0 radical (unpaired) electrons. The number of nitrogen functional groups attached to an aromatic ring is 2. The molecule has 1 fully saturated rings. The van der Waals surface area contributed by atoms with E-state index in [-0.39, 0.29) is 17.8 Å². The first kappa shape index (κ1) is 18.4. The van der Waals surface area contributed by atoms with E-state index in [9.17, 15) is 4.79 Å². The third-order valence-corrected chi connectivity index (χ3v) is 6.03. The van der Waals surface area contributed by atoms with Crippen LogP contribution < -0.4 is 11.5 Å². The Labute approximate surface area is 165 Å². The van der Waals surface area contributed by atoms with Crippen LogP contribution in [-0.4, -0.2) is 17.7 Å². The molecule has 2 aromatic carbocycles. The lowest BCUT2D eigenvalue weighted by molar-refractivity contribution is -0.112. The minimum atomic E-state index is -0.0981. The Kier molecular flexibility index (Phi) is 5.24. The average Bonchev–Trinajstić information content (AvgIpc) is 2.69. The lowest BCUT2D eigenvalue weighted by atomic mass is 9.68. The van der Waals surface area contributed by atoms with Crippen LogP contribution in [0.3, 0.4) is 0 Å². The predicted molar refractivity (Wildman–Crippen MR) is 114 cm³/mol. The Morgan fingerprint density at radius 3 is 2.00 bits per heavy atom. The van der Waals surface area contributed by atoms with Gasteiger partial charge >= 0.3 is 0 Å². The minimum absolute atomic E-state index is 0.0328. The maximum Gasteiger partial charge on any atom is 0.123 e. The Bertz CT molecular complexity index is 934. The van der Waals surface area contributed by atoms with Crippen molar-refractivity contribution >= 4 is 29.1 Å². The van der Waals surface area contributed by atoms with Crippen LogP contribution in [0.4, 0.5) is 11.4 Å². The van der Waals surface area contributed by atoms with Crippen molar-refractivity contribution in [1.29, 1.82) is 0 Å². The van der Waals surface area contributed by atoms with E-state index in [0.717, 1.165) is 60.9 Å². The molecule has 1 heterocycles. The molecule has 0 bridgehead atoms. The summed E-state index contributed by atoms with van der Waals surface area (Å²) in [5.41, 5.74) is 17.4. The maximum absolute atomic E-state index is 12.1. The van der Waals surface area contributed by atoms with Crippen molar-refractivity contribution in [2.75, 3.05) is 11.5 Å². The number of anilines is 2. The molecule has 0 aromatic heterocycles. The van der Waals surface area contributed by atoms with Gasteiger partial charge in [0.15, 0.2) is 0 Å². The van der Waals surface area contributed by atoms with Crippen molar-refractivity contribution in [3.63, 3.8) is 0 Å². The standard InChI is InChI=1S/C23H26N4O/c24-19-12-6-4-9-16(19)22-18-11-3-1-2-8-15(14-28)21(18)23(27-26-22)17-10-5-7-13-20(17)25/h4-7,9-10,12-15,18,21H,1-3,8,11,24-25H2. The second-order valence-electron chi connectivity index (χ2n) is 7.72. The Hall–Kier alpha value is -2.95. The Morgan fingerprint density at radius 2 is 1.36 bits per heavy atom. The molecule has 3 unspecified atom stereocenters. The fourth-order valence-corrected chi connectivity index (χ4v) is 4.63. The fourth-order valence-electron chi connectivity index (χ4n) is 4.63. The van der Waals surface area contributed by atoms with E-state index >= 15 is 0 Å².